The fraction of sp³-hybridized carbons (Fsp3) is 0.542. The van der Waals surface area contributed by atoms with Crippen LogP contribution in [0.3, 0.4) is 0 Å². The molecule has 0 amide bonds. The number of aliphatic hydroxyl groups excluding tert-OH is 2. The van der Waals surface area contributed by atoms with Gasteiger partial charge in [-0.15, -0.1) is 0 Å². The topological polar surface area (TPSA) is 66.8 Å². The Kier molecular flexibility index (Phi) is 10.1. The van der Waals surface area contributed by atoms with E-state index in [-0.39, 0.29) is 30.3 Å². The summed E-state index contributed by atoms with van der Waals surface area (Å²) in [4.78, 5) is 10.9. The molecule has 1 aromatic carbocycles. The van der Waals surface area contributed by atoms with Crippen LogP contribution in [0, 0.1) is 11.8 Å². The SMILES string of the molecule is CC(=O)CCC/C=C\C[C@H]1[C@@H](O)CC[C@@H]1/C=C/[C@@H](O)COc1cccc(CF)c1. The smallest absolute Gasteiger partial charge is 0.129 e. The van der Waals surface area contributed by atoms with Gasteiger partial charge < -0.3 is 19.7 Å². The summed E-state index contributed by atoms with van der Waals surface area (Å²) in [5.41, 5.74) is 0.546. The van der Waals surface area contributed by atoms with Crippen LogP contribution in [0.2, 0.25) is 0 Å². The first kappa shape index (κ1) is 23.3. The normalized spacial score (nSPS) is 23.1. The number of hydrogen-bond donors (Lipinski definition) is 2. The maximum absolute atomic E-state index is 12.7. The molecule has 0 bridgehead atoms. The Morgan fingerprint density at radius 3 is 2.93 bits per heavy atom. The van der Waals surface area contributed by atoms with E-state index in [1.54, 1.807) is 37.3 Å². The van der Waals surface area contributed by atoms with Crippen molar-refractivity contribution < 1.29 is 24.1 Å². The van der Waals surface area contributed by atoms with Gasteiger partial charge in [-0.25, -0.2) is 4.39 Å². The van der Waals surface area contributed by atoms with E-state index in [0.717, 1.165) is 32.1 Å². The summed E-state index contributed by atoms with van der Waals surface area (Å²) in [5, 5.41) is 20.4. The second-order valence-corrected chi connectivity index (χ2v) is 7.82. The number of benzene rings is 1. The molecule has 0 heterocycles. The molecule has 0 unspecified atom stereocenters. The zero-order chi connectivity index (χ0) is 21.1. The van der Waals surface area contributed by atoms with Crippen molar-refractivity contribution in [1.82, 2.24) is 0 Å². The Bertz CT molecular complexity index is 685. The number of carbonyl (C=O) groups excluding carboxylic acids is 1. The summed E-state index contributed by atoms with van der Waals surface area (Å²) < 4.78 is 18.2. The number of halogens is 1. The molecule has 4 nitrogen and oxygen atoms in total. The third-order valence-corrected chi connectivity index (χ3v) is 5.37. The van der Waals surface area contributed by atoms with Gasteiger partial charge in [-0.1, -0.05) is 36.4 Å². The van der Waals surface area contributed by atoms with E-state index in [2.05, 4.69) is 12.2 Å². The number of aliphatic hydroxyl groups is 2. The molecule has 160 valence electrons. The predicted molar refractivity (Wildman–Crippen MR) is 112 cm³/mol. The molecular weight excluding hydrogens is 371 g/mol. The van der Waals surface area contributed by atoms with Gasteiger partial charge in [-0.05, 0) is 68.6 Å². The van der Waals surface area contributed by atoms with E-state index >= 15 is 0 Å². The van der Waals surface area contributed by atoms with E-state index in [4.69, 9.17) is 4.74 Å². The van der Waals surface area contributed by atoms with Crippen molar-refractivity contribution in [2.45, 2.75) is 64.3 Å². The highest BCUT2D eigenvalue weighted by Gasteiger charge is 2.32. The maximum atomic E-state index is 12.7. The Morgan fingerprint density at radius 2 is 2.17 bits per heavy atom. The molecule has 2 rings (SSSR count). The number of ether oxygens (including phenoxy) is 1. The molecular formula is C24H33FO4. The molecule has 4 atom stereocenters. The molecule has 0 aromatic heterocycles. The third-order valence-electron chi connectivity index (χ3n) is 5.37. The van der Waals surface area contributed by atoms with Gasteiger partial charge in [0.1, 0.15) is 30.9 Å². The zero-order valence-electron chi connectivity index (χ0n) is 17.2. The first-order valence-corrected chi connectivity index (χ1v) is 10.5. The summed E-state index contributed by atoms with van der Waals surface area (Å²) in [6.45, 7) is 1.16. The van der Waals surface area contributed by atoms with Crippen molar-refractivity contribution in [2.24, 2.45) is 11.8 Å². The van der Waals surface area contributed by atoms with Gasteiger partial charge in [-0.2, -0.15) is 0 Å². The van der Waals surface area contributed by atoms with Crippen molar-refractivity contribution in [2.75, 3.05) is 6.61 Å². The molecule has 1 saturated carbocycles. The molecule has 5 heteroatoms. The van der Waals surface area contributed by atoms with Gasteiger partial charge in [0, 0.05) is 6.42 Å². The molecule has 29 heavy (non-hydrogen) atoms. The van der Waals surface area contributed by atoms with Crippen LogP contribution in [-0.4, -0.2) is 34.8 Å². The summed E-state index contributed by atoms with van der Waals surface area (Å²) in [6.07, 6.45) is 11.6. The molecule has 1 aliphatic carbocycles. The Balaban J connectivity index is 1.77. The van der Waals surface area contributed by atoms with E-state index < -0.39 is 12.8 Å². The van der Waals surface area contributed by atoms with Crippen molar-refractivity contribution >= 4 is 5.78 Å². The molecule has 1 aromatic rings. The third kappa shape index (κ3) is 8.50. The molecule has 0 saturated heterocycles. The number of allylic oxidation sites excluding steroid dienone is 3. The van der Waals surface area contributed by atoms with Gasteiger partial charge in [0.15, 0.2) is 0 Å². The molecule has 1 fully saturated rings. The molecule has 0 spiro atoms. The van der Waals surface area contributed by atoms with Gasteiger partial charge >= 0.3 is 0 Å². The average molecular weight is 405 g/mol. The van der Waals surface area contributed by atoms with Gasteiger partial charge in [0.25, 0.3) is 0 Å². The molecule has 2 N–H and O–H groups in total. The molecule has 0 aliphatic heterocycles. The number of hydrogen-bond acceptors (Lipinski definition) is 4. The van der Waals surface area contributed by atoms with Crippen LogP contribution >= 0.6 is 0 Å². The lowest BCUT2D eigenvalue weighted by atomic mass is 9.90. The lowest BCUT2D eigenvalue weighted by Gasteiger charge is -2.18. The monoisotopic (exact) mass is 404 g/mol. The van der Waals surface area contributed by atoms with Crippen LogP contribution in [0.25, 0.3) is 0 Å². The summed E-state index contributed by atoms with van der Waals surface area (Å²) in [7, 11) is 0. The molecule has 0 radical (unpaired) electrons. The lowest BCUT2D eigenvalue weighted by Crippen LogP contribution is -2.19. The van der Waals surface area contributed by atoms with Gasteiger partial charge in [0.05, 0.1) is 6.10 Å². The van der Waals surface area contributed by atoms with Crippen LogP contribution in [0.15, 0.2) is 48.6 Å². The van der Waals surface area contributed by atoms with E-state index in [1.165, 1.54) is 0 Å². The maximum Gasteiger partial charge on any atom is 0.129 e. The summed E-state index contributed by atoms with van der Waals surface area (Å²) in [5.74, 6) is 1.12. The Morgan fingerprint density at radius 1 is 1.34 bits per heavy atom. The number of alkyl halides is 1. The fourth-order valence-corrected chi connectivity index (χ4v) is 3.71. The van der Waals surface area contributed by atoms with Crippen LogP contribution in [0.1, 0.15) is 51.0 Å². The van der Waals surface area contributed by atoms with Crippen LogP contribution < -0.4 is 4.74 Å². The highest BCUT2D eigenvalue weighted by atomic mass is 19.1. The van der Waals surface area contributed by atoms with E-state index in [0.29, 0.717) is 17.7 Å². The lowest BCUT2D eigenvalue weighted by molar-refractivity contribution is -0.117. The average Bonchev–Trinajstić information content (AvgIpc) is 3.07. The van der Waals surface area contributed by atoms with Gasteiger partial charge in [0.2, 0.25) is 0 Å². The second kappa shape index (κ2) is 12.6. The standard InChI is InChI=1S/C24H33FO4/c1-18(26)7-4-2-3-5-10-23-20(12-14-24(23)28)11-13-21(27)17-29-22-9-6-8-19(15-22)16-25/h3,5-6,8-9,11,13,15,20-21,23-24,27-28H,2,4,7,10,12,14,16-17H2,1H3/b5-3-,13-11+/t20-,21+,23+,24-/m0/s1. The first-order valence-electron chi connectivity index (χ1n) is 10.5. The Labute approximate surface area is 173 Å². The van der Waals surface area contributed by atoms with Crippen LogP contribution in [0.4, 0.5) is 4.39 Å². The Hall–Kier alpha value is -1.98. The minimum absolute atomic E-state index is 0.0994. The van der Waals surface area contributed by atoms with Crippen molar-refractivity contribution in [3.63, 3.8) is 0 Å². The summed E-state index contributed by atoms with van der Waals surface area (Å²) in [6, 6.07) is 6.78. The van der Waals surface area contributed by atoms with E-state index in [1.807, 2.05) is 6.08 Å². The predicted octanol–water partition coefficient (Wildman–Crippen LogP) is 4.54. The molecule has 1 aliphatic rings. The number of carbonyl (C=O) groups is 1. The summed E-state index contributed by atoms with van der Waals surface area (Å²) >= 11 is 0. The van der Waals surface area contributed by atoms with Crippen molar-refractivity contribution in [3.8, 4) is 5.75 Å². The number of rotatable bonds is 12. The largest absolute Gasteiger partial charge is 0.491 e. The minimum Gasteiger partial charge on any atom is -0.491 e. The zero-order valence-corrected chi connectivity index (χ0v) is 17.2. The second-order valence-electron chi connectivity index (χ2n) is 7.82. The quantitative estimate of drug-likeness (QED) is 0.396. The number of unbranched alkanes of at least 4 members (excludes halogenated alkanes) is 1. The minimum atomic E-state index is -0.760. The highest BCUT2D eigenvalue weighted by Crippen LogP contribution is 2.36. The van der Waals surface area contributed by atoms with Crippen LogP contribution in [-0.2, 0) is 11.5 Å². The van der Waals surface area contributed by atoms with E-state index in [9.17, 15) is 19.4 Å². The van der Waals surface area contributed by atoms with Crippen molar-refractivity contribution in [1.29, 1.82) is 0 Å². The van der Waals surface area contributed by atoms with Crippen LogP contribution in [0.5, 0.6) is 5.75 Å². The first-order chi connectivity index (χ1) is 14.0. The highest BCUT2D eigenvalue weighted by molar-refractivity contribution is 5.75. The fourth-order valence-electron chi connectivity index (χ4n) is 3.71. The number of ketones is 1. The van der Waals surface area contributed by atoms with Crippen molar-refractivity contribution in [3.05, 3.63) is 54.1 Å². The van der Waals surface area contributed by atoms with Gasteiger partial charge in [-0.3, -0.25) is 0 Å². The number of Topliss-reactive ketones (excluding diaryl/α,β-unsaturated/α-hetero) is 1.